The molecule has 0 aliphatic carbocycles. The summed E-state index contributed by atoms with van der Waals surface area (Å²) in [5, 5.41) is 3.45. The van der Waals surface area contributed by atoms with Crippen molar-refractivity contribution in [3.8, 4) is 0 Å². The normalized spacial score (nSPS) is 22.5. The molecule has 2 aliphatic rings. The smallest absolute Gasteiger partial charge is 0.225 e. The molecule has 0 bridgehead atoms. The lowest BCUT2D eigenvalue weighted by Gasteiger charge is -2.34. The molecule has 5 heteroatoms. The molecule has 0 aromatic carbocycles. The lowest BCUT2D eigenvalue weighted by molar-refractivity contribution is -0.116. The summed E-state index contributed by atoms with van der Waals surface area (Å²) >= 11 is 0. The fourth-order valence-electron chi connectivity index (χ4n) is 3.03. The highest BCUT2D eigenvalue weighted by Gasteiger charge is 2.28. The van der Waals surface area contributed by atoms with E-state index in [0.717, 1.165) is 38.4 Å². The summed E-state index contributed by atoms with van der Waals surface area (Å²) in [6.45, 7) is 7.61. The van der Waals surface area contributed by atoms with Gasteiger partial charge in [0.2, 0.25) is 5.91 Å². The molecule has 3 rings (SSSR count). The van der Waals surface area contributed by atoms with E-state index in [1.807, 2.05) is 6.20 Å². The molecule has 1 aromatic rings. The van der Waals surface area contributed by atoms with Crippen LogP contribution in [0.1, 0.15) is 19.4 Å². The molecule has 19 heavy (non-hydrogen) atoms. The molecule has 0 radical (unpaired) electrons. The third kappa shape index (κ3) is 2.18. The van der Waals surface area contributed by atoms with E-state index in [9.17, 15) is 4.79 Å². The standard InChI is InChI=1S/C14H20N4O/c1-10-9-17(8-6-15-10)13-3-5-16-14-12(13)4-7-18(14)11(2)19/h3,5,10,15H,4,6-9H2,1-2H3/t10-/m1/s1. The first-order valence-corrected chi connectivity index (χ1v) is 6.91. The summed E-state index contributed by atoms with van der Waals surface area (Å²) in [5.41, 5.74) is 2.48. The number of hydrogen-bond donors (Lipinski definition) is 1. The van der Waals surface area contributed by atoms with E-state index >= 15 is 0 Å². The quantitative estimate of drug-likeness (QED) is 0.811. The average Bonchev–Trinajstić information content (AvgIpc) is 2.82. The maximum atomic E-state index is 11.6. The molecule has 1 N–H and O–H groups in total. The summed E-state index contributed by atoms with van der Waals surface area (Å²) in [4.78, 5) is 20.2. The maximum absolute atomic E-state index is 11.6. The Morgan fingerprint density at radius 3 is 3.05 bits per heavy atom. The van der Waals surface area contributed by atoms with Gasteiger partial charge in [0, 0.05) is 56.6 Å². The second kappa shape index (κ2) is 4.81. The second-order valence-electron chi connectivity index (χ2n) is 5.35. The predicted octanol–water partition coefficient (Wildman–Crippen LogP) is 0.789. The third-order valence-electron chi connectivity index (χ3n) is 3.94. The van der Waals surface area contributed by atoms with Crippen molar-refractivity contribution in [3.05, 3.63) is 17.8 Å². The lowest BCUT2D eigenvalue weighted by Crippen LogP contribution is -2.49. The highest BCUT2D eigenvalue weighted by atomic mass is 16.2. The third-order valence-corrected chi connectivity index (χ3v) is 3.94. The zero-order valence-corrected chi connectivity index (χ0v) is 11.5. The Morgan fingerprint density at radius 1 is 1.47 bits per heavy atom. The minimum absolute atomic E-state index is 0.0806. The zero-order chi connectivity index (χ0) is 13.4. The summed E-state index contributed by atoms with van der Waals surface area (Å²) in [6, 6.07) is 2.59. The van der Waals surface area contributed by atoms with Crippen LogP contribution in [0.15, 0.2) is 12.3 Å². The zero-order valence-electron chi connectivity index (χ0n) is 11.5. The van der Waals surface area contributed by atoms with Crippen LogP contribution in [-0.4, -0.2) is 43.1 Å². The number of piperazine rings is 1. The first-order valence-electron chi connectivity index (χ1n) is 6.91. The number of carbonyl (C=O) groups excluding carboxylic acids is 1. The largest absolute Gasteiger partial charge is 0.368 e. The first-order chi connectivity index (χ1) is 9.16. The van der Waals surface area contributed by atoms with E-state index < -0.39 is 0 Å². The Kier molecular flexibility index (Phi) is 3.14. The molecular formula is C14H20N4O. The molecule has 1 fully saturated rings. The summed E-state index contributed by atoms with van der Waals surface area (Å²) in [6.07, 6.45) is 2.73. The van der Waals surface area contributed by atoms with Gasteiger partial charge in [-0.25, -0.2) is 4.98 Å². The van der Waals surface area contributed by atoms with Crippen LogP contribution in [-0.2, 0) is 11.2 Å². The van der Waals surface area contributed by atoms with Crippen molar-refractivity contribution in [2.45, 2.75) is 26.3 Å². The molecule has 1 atom stereocenters. The number of amides is 1. The van der Waals surface area contributed by atoms with Crippen molar-refractivity contribution in [3.63, 3.8) is 0 Å². The molecule has 1 saturated heterocycles. The number of pyridine rings is 1. The SMILES string of the molecule is CC(=O)N1CCc2c(N3CCN[C@H](C)C3)ccnc21. The minimum atomic E-state index is 0.0806. The monoisotopic (exact) mass is 260 g/mol. The maximum Gasteiger partial charge on any atom is 0.225 e. The second-order valence-corrected chi connectivity index (χ2v) is 5.35. The van der Waals surface area contributed by atoms with Crippen molar-refractivity contribution < 1.29 is 4.79 Å². The number of anilines is 2. The van der Waals surface area contributed by atoms with Crippen LogP contribution in [0, 0.1) is 0 Å². The number of nitrogens with zero attached hydrogens (tertiary/aromatic N) is 3. The number of fused-ring (bicyclic) bond motifs is 1. The summed E-state index contributed by atoms with van der Waals surface area (Å²) < 4.78 is 0. The number of carbonyl (C=O) groups is 1. The van der Waals surface area contributed by atoms with Crippen molar-refractivity contribution in [2.75, 3.05) is 36.0 Å². The van der Waals surface area contributed by atoms with Gasteiger partial charge in [-0.2, -0.15) is 0 Å². The van der Waals surface area contributed by atoms with Gasteiger partial charge in [-0.1, -0.05) is 0 Å². The topological polar surface area (TPSA) is 48.5 Å². The van der Waals surface area contributed by atoms with Crippen LogP contribution in [0.2, 0.25) is 0 Å². The van der Waals surface area contributed by atoms with E-state index in [4.69, 9.17) is 0 Å². The highest BCUT2D eigenvalue weighted by Crippen LogP contribution is 2.34. The molecule has 102 valence electrons. The Morgan fingerprint density at radius 2 is 2.32 bits per heavy atom. The fourth-order valence-corrected chi connectivity index (χ4v) is 3.03. The van der Waals surface area contributed by atoms with Crippen LogP contribution in [0.5, 0.6) is 0 Å². The van der Waals surface area contributed by atoms with Gasteiger partial charge in [-0.3, -0.25) is 9.69 Å². The van der Waals surface area contributed by atoms with E-state index in [-0.39, 0.29) is 5.91 Å². The molecule has 5 nitrogen and oxygen atoms in total. The molecule has 1 aromatic heterocycles. The number of aromatic nitrogens is 1. The van der Waals surface area contributed by atoms with Crippen molar-refractivity contribution in [1.82, 2.24) is 10.3 Å². The van der Waals surface area contributed by atoms with Crippen molar-refractivity contribution in [2.24, 2.45) is 0 Å². The van der Waals surface area contributed by atoms with E-state index in [0.29, 0.717) is 6.04 Å². The van der Waals surface area contributed by atoms with Crippen LogP contribution in [0.3, 0.4) is 0 Å². The molecule has 3 heterocycles. The van der Waals surface area contributed by atoms with Crippen LogP contribution >= 0.6 is 0 Å². The number of hydrogen-bond acceptors (Lipinski definition) is 4. The Bertz CT molecular complexity index is 502. The molecular weight excluding hydrogens is 240 g/mol. The highest BCUT2D eigenvalue weighted by molar-refractivity contribution is 5.93. The van der Waals surface area contributed by atoms with E-state index in [2.05, 4.69) is 28.2 Å². The van der Waals surface area contributed by atoms with Gasteiger partial charge in [-0.15, -0.1) is 0 Å². The molecule has 0 spiro atoms. The van der Waals surface area contributed by atoms with Gasteiger partial charge in [0.25, 0.3) is 0 Å². The van der Waals surface area contributed by atoms with E-state index in [1.54, 1.807) is 11.8 Å². The van der Waals surface area contributed by atoms with Gasteiger partial charge in [-0.05, 0) is 19.4 Å². The molecule has 2 aliphatic heterocycles. The van der Waals surface area contributed by atoms with Gasteiger partial charge in [0.1, 0.15) is 5.82 Å². The predicted molar refractivity (Wildman–Crippen MR) is 75.6 cm³/mol. The summed E-state index contributed by atoms with van der Waals surface area (Å²) in [5.74, 6) is 0.938. The van der Waals surface area contributed by atoms with E-state index in [1.165, 1.54) is 11.3 Å². The minimum Gasteiger partial charge on any atom is -0.368 e. The van der Waals surface area contributed by atoms with Gasteiger partial charge in [0.05, 0.1) is 0 Å². The molecule has 0 unspecified atom stereocenters. The molecule has 0 saturated carbocycles. The van der Waals surface area contributed by atoms with Crippen LogP contribution < -0.4 is 15.1 Å². The van der Waals surface area contributed by atoms with Crippen LogP contribution in [0.25, 0.3) is 0 Å². The number of rotatable bonds is 1. The fraction of sp³-hybridized carbons (Fsp3) is 0.571. The van der Waals surface area contributed by atoms with Crippen molar-refractivity contribution in [1.29, 1.82) is 0 Å². The number of nitrogens with one attached hydrogen (secondary N) is 1. The average molecular weight is 260 g/mol. The summed E-state index contributed by atoms with van der Waals surface area (Å²) in [7, 11) is 0. The molecule has 1 amide bonds. The van der Waals surface area contributed by atoms with Crippen molar-refractivity contribution >= 4 is 17.4 Å². The van der Waals surface area contributed by atoms with Gasteiger partial charge < -0.3 is 10.2 Å². The first kappa shape index (κ1) is 12.4. The lowest BCUT2D eigenvalue weighted by atomic mass is 10.1. The Balaban J connectivity index is 1.94. The van der Waals surface area contributed by atoms with Crippen LogP contribution in [0.4, 0.5) is 11.5 Å². The Labute approximate surface area is 113 Å². The Hall–Kier alpha value is -1.62. The van der Waals surface area contributed by atoms with Gasteiger partial charge in [0.15, 0.2) is 0 Å². The van der Waals surface area contributed by atoms with Gasteiger partial charge >= 0.3 is 0 Å².